The van der Waals surface area contributed by atoms with Gasteiger partial charge in [-0.05, 0) is 32.3 Å². The van der Waals surface area contributed by atoms with Crippen molar-refractivity contribution in [3.63, 3.8) is 0 Å². The third-order valence-corrected chi connectivity index (χ3v) is 5.40. The first-order valence-corrected chi connectivity index (χ1v) is 9.04. The monoisotopic (exact) mass is 357 g/mol. The molecule has 0 N–H and O–H groups in total. The van der Waals surface area contributed by atoms with E-state index in [1.807, 2.05) is 23.1 Å². The number of fused-ring (bicyclic) bond motifs is 1. The molecule has 0 aliphatic carbocycles. The Morgan fingerprint density at radius 2 is 2.38 bits per heavy atom. The molecule has 2 aromatic heterocycles. The van der Waals surface area contributed by atoms with Gasteiger partial charge in [-0.2, -0.15) is 0 Å². The van der Waals surface area contributed by atoms with Crippen LogP contribution in [0.4, 0.5) is 0 Å². The number of likely N-dealkylation sites (tertiary alicyclic amines) is 1. The molecule has 2 fully saturated rings. The first-order chi connectivity index (χ1) is 12.7. The van der Waals surface area contributed by atoms with Gasteiger partial charge in [-0.1, -0.05) is 11.2 Å². The number of nitrogens with zero attached hydrogens (tertiary/aromatic N) is 3. The second kappa shape index (κ2) is 7.07. The van der Waals surface area contributed by atoms with Gasteiger partial charge in [0.05, 0.1) is 18.9 Å². The van der Waals surface area contributed by atoms with Crippen molar-refractivity contribution in [3.8, 4) is 5.88 Å². The first-order valence-electron chi connectivity index (χ1n) is 9.04. The maximum Gasteiger partial charge on any atom is 0.259 e. The molecule has 0 spiro atoms. The van der Waals surface area contributed by atoms with Crippen LogP contribution in [0.1, 0.15) is 35.4 Å². The Kier molecular flexibility index (Phi) is 4.63. The molecule has 2 aliphatic rings. The number of ether oxygens (including phenoxy) is 2. The molecule has 0 radical (unpaired) electrons. The second-order valence-electron chi connectivity index (χ2n) is 7.09. The van der Waals surface area contributed by atoms with Crippen LogP contribution in [0, 0.1) is 12.3 Å². The van der Waals surface area contributed by atoms with Crippen molar-refractivity contribution in [3.05, 3.63) is 41.9 Å². The molecule has 2 saturated heterocycles. The van der Waals surface area contributed by atoms with Gasteiger partial charge in [0, 0.05) is 37.4 Å². The lowest BCUT2D eigenvalue weighted by Crippen LogP contribution is -2.58. The van der Waals surface area contributed by atoms with Crippen molar-refractivity contribution in [1.29, 1.82) is 0 Å². The van der Waals surface area contributed by atoms with E-state index in [1.54, 1.807) is 13.1 Å². The Morgan fingerprint density at radius 1 is 1.46 bits per heavy atom. The molecule has 0 bridgehead atoms. The number of carbonyl (C=O) groups is 1. The van der Waals surface area contributed by atoms with Crippen LogP contribution >= 0.6 is 0 Å². The van der Waals surface area contributed by atoms with Crippen LogP contribution < -0.4 is 4.74 Å². The van der Waals surface area contributed by atoms with E-state index in [1.165, 1.54) is 6.20 Å². The van der Waals surface area contributed by atoms with Gasteiger partial charge in [-0.15, -0.1) is 0 Å². The number of aryl methyl sites for hydroxylation is 1. The third-order valence-electron chi connectivity index (χ3n) is 5.40. The molecule has 7 heteroatoms. The molecule has 2 aliphatic heterocycles. The lowest BCUT2D eigenvalue weighted by atomic mass is 9.73. The fourth-order valence-electron chi connectivity index (χ4n) is 4.00. The summed E-state index contributed by atoms with van der Waals surface area (Å²) in [6, 6.07) is 5.61. The molecule has 4 heterocycles. The SMILES string of the molecule is Cc1oncc1C(=O)N1CC[C@H]2OCCC[C@@]2(COc2ccccn2)C1. The van der Waals surface area contributed by atoms with Crippen molar-refractivity contribution in [2.45, 2.75) is 32.3 Å². The normalized spacial score (nSPS) is 25.6. The van der Waals surface area contributed by atoms with Crippen molar-refractivity contribution >= 4 is 5.91 Å². The van der Waals surface area contributed by atoms with Crippen molar-refractivity contribution in [1.82, 2.24) is 15.0 Å². The minimum absolute atomic E-state index is 0.0371. The van der Waals surface area contributed by atoms with Gasteiger partial charge in [0.15, 0.2) is 0 Å². The van der Waals surface area contributed by atoms with Crippen LogP contribution in [0.5, 0.6) is 5.88 Å². The summed E-state index contributed by atoms with van der Waals surface area (Å²) in [7, 11) is 0. The molecular formula is C19H23N3O4. The standard InChI is InChI=1S/C19H23N3O4/c1-14-15(11-21-26-14)18(23)22-9-6-16-19(12-22,7-4-10-24-16)13-25-17-5-2-3-8-20-17/h2-3,5,8,11,16H,4,6-7,9-10,12-13H2,1H3/t16-,19+/m1/s1. The van der Waals surface area contributed by atoms with Crippen molar-refractivity contribution in [2.75, 3.05) is 26.3 Å². The van der Waals surface area contributed by atoms with Crippen LogP contribution in [-0.2, 0) is 4.74 Å². The van der Waals surface area contributed by atoms with Gasteiger partial charge in [-0.3, -0.25) is 4.79 Å². The summed E-state index contributed by atoms with van der Waals surface area (Å²) >= 11 is 0. The fraction of sp³-hybridized carbons (Fsp3) is 0.526. The van der Waals surface area contributed by atoms with E-state index in [0.29, 0.717) is 36.9 Å². The van der Waals surface area contributed by atoms with Gasteiger partial charge in [0.25, 0.3) is 5.91 Å². The van der Waals surface area contributed by atoms with Gasteiger partial charge < -0.3 is 18.9 Å². The van der Waals surface area contributed by atoms with Crippen LogP contribution in [0.2, 0.25) is 0 Å². The fourth-order valence-corrected chi connectivity index (χ4v) is 4.00. The number of hydrogen-bond donors (Lipinski definition) is 0. The number of hydrogen-bond acceptors (Lipinski definition) is 6. The van der Waals surface area contributed by atoms with Crippen LogP contribution in [-0.4, -0.2) is 53.4 Å². The average Bonchev–Trinajstić information content (AvgIpc) is 3.12. The van der Waals surface area contributed by atoms with E-state index >= 15 is 0 Å². The van der Waals surface area contributed by atoms with Crippen molar-refractivity contribution < 1.29 is 18.8 Å². The van der Waals surface area contributed by atoms with E-state index in [9.17, 15) is 4.79 Å². The summed E-state index contributed by atoms with van der Waals surface area (Å²) in [5.41, 5.74) is 0.315. The summed E-state index contributed by atoms with van der Waals surface area (Å²) in [6.45, 7) is 4.29. The highest BCUT2D eigenvalue weighted by molar-refractivity contribution is 5.94. The average molecular weight is 357 g/mol. The van der Waals surface area contributed by atoms with Crippen LogP contribution in [0.25, 0.3) is 0 Å². The number of amides is 1. The molecule has 7 nitrogen and oxygen atoms in total. The number of rotatable bonds is 4. The quantitative estimate of drug-likeness (QED) is 0.836. The molecule has 0 aromatic carbocycles. The maximum absolute atomic E-state index is 12.9. The molecule has 138 valence electrons. The zero-order chi connectivity index (χ0) is 18.0. The predicted octanol–water partition coefficient (Wildman–Crippen LogP) is 2.47. The molecule has 2 aromatic rings. The van der Waals surface area contributed by atoms with E-state index < -0.39 is 0 Å². The predicted molar refractivity (Wildman–Crippen MR) is 92.9 cm³/mol. The van der Waals surface area contributed by atoms with E-state index in [0.717, 1.165) is 25.9 Å². The molecule has 0 saturated carbocycles. The molecule has 1 amide bonds. The molecular weight excluding hydrogens is 334 g/mol. The Bertz CT molecular complexity index is 763. The molecule has 0 unspecified atom stereocenters. The molecule has 2 atom stereocenters. The Morgan fingerprint density at radius 3 is 3.15 bits per heavy atom. The number of piperidine rings is 1. The minimum Gasteiger partial charge on any atom is -0.477 e. The van der Waals surface area contributed by atoms with E-state index in [4.69, 9.17) is 14.0 Å². The molecule has 4 rings (SSSR count). The van der Waals surface area contributed by atoms with Gasteiger partial charge >= 0.3 is 0 Å². The Hall–Kier alpha value is -2.41. The highest BCUT2D eigenvalue weighted by atomic mass is 16.5. The smallest absolute Gasteiger partial charge is 0.259 e. The summed E-state index contributed by atoms with van der Waals surface area (Å²) in [6.07, 6.45) is 6.06. The minimum atomic E-state index is -0.214. The Labute approximate surface area is 152 Å². The topological polar surface area (TPSA) is 77.7 Å². The van der Waals surface area contributed by atoms with Gasteiger partial charge in [-0.25, -0.2) is 4.98 Å². The lowest BCUT2D eigenvalue weighted by Gasteiger charge is -2.50. The highest BCUT2D eigenvalue weighted by Crippen LogP contribution is 2.41. The zero-order valence-corrected chi connectivity index (χ0v) is 14.9. The number of pyridine rings is 1. The summed E-state index contributed by atoms with van der Waals surface area (Å²) < 4.78 is 17.1. The lowest BCUT2D eigenvalue weighted by molar-refractivity contribution is -0.133. The third kappa shape index (κ3) is 3.19. The first kappa shape index (κ1) is 17.0. The second-order valence-corrected chi connectivity index (χ2v) is 7.09. The number of carbonyl (C=O) groups excluding carboxylic acids is 1. The van der Waals surface area contributed by atoms with Crippen LogP contribution in [0.15, 0.2) is 35.1 Å². The summed E-state index contributed by atoms with van der Waals surface area (Å²) in [5.74, 6) is 1.12. The summed E-state index contributed by atoms with van der Waals surface area (Å²) in [4.78, 5) is 19.0. The Balaban J connectivity index is 1.53. The zero-order valence-electron chi connectivity index (χ0n) is 14.9. The summed E-state index contributed by atoms with van der Waals surface area (Å²) in [5, 5.41) is 3.73. The number of aromatic nitrogens is 2. The highest BCUT2D eigenvalue weighted by Gasteiger charge is 2.48. The van der Waals surface area contributed by atoms with Gasteiger partial charge in [0.2, 0.25) is 5.88 Å². The maximum atomic E-state index is 12.9. The van der Waals surface area contributed by atoms with E-state index in [-0.39, 0.29) is 17.4 Å². The largest absolute Gasteiger partial charge is 0.477 e. The van der Waals surface area contributed by atoms with Crippen LogP contribution in [0.3, 0.4) is 0 Å². The van der Waals surface area contributed by atoms with E-state index in [2.05, 4.69) is 10.1 Å². The van der Waals surface area contributed by atoms with Gasteiger partial charge in [0.1, 0.15) is 11.3 Å². The van der Waals surface area contributed by atoms with Crippen molar-refractivity contribution in [2.24, 2.45) is 5.41 Å². The molecule has 26 heavy (non-hydrogen) atoms.